The van der Waals surface area contributed by atoms with Gasteiger partial charge in [-0.3, -0.25) is 4.98 Å². The molecule has 35 heavy (non-hydrogen) atoms. The number of pyridine rings is 1. The van der Waals surface area contributed by atoms with Crippen molar-refractivity contribution in [2.45, 2.75) is 25.9 Å². The average Bonchev–Trinajstić information content (AvgIpc) is 3.38. The van der Waals surface area contributed by atoms with Crippen LogP contribution in [0.15, 0.2) is 54.7 Å². The van der Waals surface area contributed by atoms with Crippen LogP contribution in [0.25, 0.3) is 5.69 Å². The first kappa shape index (κ1) is 23.8. The number of anilines is 1. The largest absolute Gasteiger partial charge is 0.383 e. The van der Waals surface area contributed by atoms with Crippen LogP contribution in [-0.4, -0.2) is 66.1 Å². The van der Waals surface area contributed by atoms with Crippen molar-refractivity contribution >= 4 is 23.0 Å². The predicted octanol–water partition coefficient (Wildman–Crippen LogP) is 3.94. The fourth-order valence-electron chi connectivity index (χ4n) is 5.29. The molecule has 7 nitrogen and oxygen atoms in total. The van der Waals surface area contributed by atoms with E-state index >= 15 is 0 Å². The molecule has 4 heterocycles. The summed E-state index contributed by atoms with van der Waals surface area (Å²) in [5.74, 6) is 0. The van der Waals surface area contributed by atoms with E-state index in [1.54, 1.807) is 7.11 Å². The maximum absolute atomic E-state index is 5.77. The maximum Gasteiger partial charge on any atom is 0.170 e. The number of ether oxygens (including phenoxy) is 2. The maximum atomic E-state index is 5.77. The second-order valence-electron chi connectivity index (χ2n) is 9.09. The average molecular weight is 492 g/mol. The van der Waals surface area contributed by atoms with E-state index in [1.165, 1.54) is 22.6 Å². The molecule has 2 atom stereocenters. The Morgan fingerprint density at radius 1 is 1.09 bits per heavy atom. The quantitative estimate of drug-likeness (QED) is 0.503. The van der Waals surface area contributed by atoms with Crippen LogP contribution >= 0.6 is 12.2 Å². The van der Waals surface area contributed by atoms with Gasteiger partial charge in [-0.15, -0.1) is 0 Å². The highest BCUT2D eigenvalue weighted by molar-refractivity contribution is 7.80. The van der Waals surface area contributed by atoms with Crippen molar-refractivity contribution in [1.82, 2.24) is 19.8 Å². The molecule has 2 aliphatic rings. The van der Waals surface area contributed by atoms with Gasteiger partial charge in [-0.1, -0.05) is 6.07 Å². The first-order valence-corrected chi connectivity index (χ1v) is 12.6. The van der Waals surface area contributed by atoms with Gasteiger partial charge in [-0.25, -0.2) is 0 Å². The molecule has 2 saturated heterocycles. The molecule has 1 aromatic carbocycles. The third-order valence-corrected chi connectivity index (χ3v) is 7.36. The highest BCUT2D eigenvalue weighted by atomic mass is 32.1. The van der Waals surface area contributed by atoms with Crippen molar-refractivity contribution in [2.24, 2.45) is 0 Å². The Balaban J connectivity index is 1.50. The lowest BCUT2D eigenvalue weighted by Gasteiger charge is -2.29. The zero-order chi connectivity index (χ0) is 24.4. The fourth-order valence-corrected chi connectivity index (χ4v) is 5.62. The third kappa shape index (κ3) is 4.66. The van der Waals surface area contributed by atoms with Gasteiger partial charge in [0.05, 0.1) is 37.6 Å². The summed E-state index contributed by atoms with van der Waals surface area (Å²) in [6, 6.07) is 17.2. The van der Waals surface area contributed by atoms with Crippen LogP contribution in [0.5, 0.6) is 0 Å². The third-order valence-electron chi connectivity index (χ3n) is 7.01. The van der Waals surface area contributed by atoms with Crippen LogP contribution in [0.3, 0.4) is 0 Å². The molecular weight excluding hydrogens is 458 g/mol. The van der Waals surface area contributed by atoms with Crippen LogP contribution in [0.4, 0.5) is 5.69 Å². The van der Waals surface area contributed by atoms with Gasteiger partial charge < -0.3 is 29.2 Å². The number of thiocarbonyl (C=S) groups is 1. The molecule has 5 rings (SSSR count). The number of rotatable bonds is 7. The molecule has 0 bridgehead atoms. The summed E-state index contributed by atoms with van der Waals surface area (Å²) in [6.45, 7) is 9.14. The normalized spacial score (nSPS) is 20.4. The van der Waals surface area contributed by atoms with E-state index in [2.05, 4.69) is 74.9 Å². The summed E-state index contributed by atoms with van der Waals surface area (Å²) < 4.78 is 13.2. The van der Waals surface area contributed by atoms with Crippen LogP contribution < -0.4 is 10.2 Å². The monoisotopic (exact) mass is 491 g/mol. The van der Waals surface area contributed by atoms with Crippen LogP contribution in [0.1, 0.15) is 34.7 Å². The topological polar surface area (TPSA) is 54.8 Å². The second-order valence-corrected chi connectivity index (χ2v) is 9.48. The molecule has 0 saturated carbocycles. The highest BCUT2D eigenvalue weighted by Crippen LogP contribution is 2.41. The minimum absolute atomic E-state index is 0.0279. The molecule has 0 spiro atoms. The van der Waals surface area contributed by atoms with Gasteiger partial charge in [0.2, 0.25) is 0 Å². The molecule has 0 aliphatic carbocycles. The van der Waals surface area contributed by atoms with Crippen molar-refractivity contribution in [1.29, 1.82) is 0 Å². The number of hydrogen-bond donors (Lipinski definition) is 1. The van der Waals surface area contributed by atoms with Gasteiger partial charge >= 0.3 is 0 Å². The van der Waals surface area contributed by atoms with Gasteiger partial charge in [0.15, 0.2) is 5.11 Å². The Morgan fingerprint density at radius 3 is 2.51 bits per heavy atom. The van der Waals surface area contributed by atoms with Crippen molar-refractivity contribution in [3.05, 3.63) is 77.4 Å². The van der Waals surface area contributed by atoms with Gasteiger partial charge in [-0.05, 0) is 74.1 Å². The number of morpholine rings is 1. The van der Waals surface area contributed by atoms with Gasteiger partial charge in [0.25, 0.3) is 0 Å². The Kier molecular flexibility index (Phi) is 7.04. The number of hydrogen-bond acceptors (Lipinski definition) is 5. The second kappa shape index (κ2) is 10.4. The number of aromatic nitrogens is 2. The van der Waals surface area contributed by atoms with Crippen LogP contribution in [0, 0.1) is 13.8 Å². The molecule has 2 aromatic heterocycles. The van der Waals surface area contributed by atoms with Crippen molar-refractivity contribution in [2.75, 3.05) is 51.5 Å². The minimum atomic E-state index is -0.0294. The molecule has 8 heteroatoms. The van der Waals surface area contributed by atoms with E-state index in [-0.39, 0.29) is 12.1 Å². The number of aryl methyl sites for hydroxylation is 1. The van der Waals surface area contributed by atoms with E-state index in [0.717, 1.165) is 42.8 Å². The van der Waals surface area contributed by atoms with Crippen molar-refractivity contribution < 1.29 is 9.47 Å². The van der Waals surface area contributed by atoms with Crippen LogP contribution in [0.2, 0.25) is 0 Å². The Hall–Kier alpha value is -2.94. The fraction of sp³-hybridized carbons (Fsp3) is 0.407. The Labute approximate surface area is 212 Å². The molecule has 2 unspecified atom stereocenters. The molecule has 0 radical (unpaired) electrons. The molecule has 1 N–H and O–H groups in total. The van der Waals surface area contributed by atoms with E-state index < -0.39 is 0 Å². The lowest BCUT2D eigenvalue weighted by Crippen LogP contribution is -2.36. The van der Waals surface area contributed by atoms with Gasteiger partial charge in [-0.2, -0.15) is 0 Å². The summed E-state index contributed by atoms with van der Waals surface area (Å²) in [6.07, 6.45) is 1.84. The first-order chi connectivity index (χ1) is 17.1. The molecular formula is C27H33N5O2S. The lowest BCUT2D eigenvalue weighted by molar-refractivity contribution is 0.122. The SMILES string of the molecule is COCCN1C(=S)NC(c2ccccn2)C1c1cc(C)n(-c2ccc(N3CCOCC3)cc2)c1C. The van der Waals surface area contributed by atoms with E-state index in [4.69, 9.17) is 21.7 Å². The Bertz CT molecular complexity index is 1160. The minimum Gasteiger partial charge on any atom is -0.383 e. The zero-order valence-corrected chi connectivity index (χ0v) is 21.4. The zero-order valence-electron chi connectivity index (χ0n) is 20.6. The number of benzene rings is 1. The molecule has 0 amide bonds. The molecule has 3 aromatic rings. The van der Waals surface area contributed by atoms with E-state index in [9.17, 15) is 0 Å². The summed E-state index contributed by atoms with van der Waals surface area (Å²) in [4.78, 5) is 9.28. The number of nitrogens with zero attached hydrogens (tertiary/aromatic N) is 4. The van der Waals surface area contributed by atoms with Crippen LogP contribution in [-0.2, 0) is 9.47 Å². The molecule has 2 aliphatic heterocycles. The summed E-state index contributed by atoms with van der Waals surface area (Å²) in [5.41, 5.74) is 7.04. The number of methoxy groups -OCH3 is 1. The standard InChI is InChI=1S/C27H33N5O2S/c1-19-18-23(20(2)32(19)22-9-7-21(8-10-22)30-12-16-34-17-13-30)26-25(24-6-4-5-11-28-24)29-27(35)31(26)14-15-33-3/h4-11,18,25-26H,12-17H2,1-3H3,(H,29,35). The highest BCUT2D eigenvalue weighted by Gasteiger charge is 2.41. The first-order valence-electron chi connectivity index (χ1n) is 12.2. The van der Waals surface area contributed by atoms with Gasteiger partial charge in [0.1, 0.15) is 0 Å². The molecule has 2 fully saturated rings. The summed E-state index contributed by atoms with van der Waals surface area (Å²) in [5, 5.41) is 4.27. The smallest absolute Gasteiger partial charge is 0.170 e. The Morgan fingerprint density at radius 2 is 1.83 bits per heavy atom. The van der Waals surface area contributed by atoms with Crippen molar-refractivity contribution in [3.63, 3.8) is 0 Å². The van der Waals surface area contributed by atoms with E-state index in [1.807, 2.05) is 18.3 Å². The number of nitrogens with one attached hydrogen (secondary N) is 1. The summed E-state index contributed by atoms with van der Waals surface area (Å²) >= 11 is 5.77. The molecule has 184 valence electrons. The van der Waals surface area contributed by atoms with Gasteiger partial charge in [0, 0.05) is 55.7 Å². The van der Waals surface area contributed by atoms with E-state index in [0.29, 0.717) is 13.2 Å². The van der Waals surface area contributed by atoms with Crippen molar-refractivity contribution in [3.8, 4) is 5.69 Å². The predicted molar refractivity (Wildman–Crippen MR) is 142 cm³/mol. The lowest BCUT2D eigenvalue weighted by atomic mass is 9.97. The summed E-state index contributed by atoms with van der Waals surface area (Å²) in [7, 11) is 1.73.